The summed E-state index contributed by atoms with van der Waals surface area (Å²) >= 11 is 4.77. The second-order valence-corrected chi connectivity index (χ2v) is 5.48. The standard InChI is InChI=1S/C13H11BrN2O2S/c1-2-18-13(17)9-3-5-11(15-7-9)19-12-6-4-10(14)8-16-12/h3-8H,2H2,1H3. The Kier molecular flexibility index (Phi) is 4.93. The molecule has 0 radical (unpaired) electrons. The first-order valence-electron chi connectivity index (χ1n) is 5.61. The van der Waals surface area contributed by atoms with Crippen molar-refractivity contribution in [1.29, 1.82) is 0 Å². The summed E-state index contributed by atoms with van der Waals surface area (Å²) < 4.78 is 5.83. The Balaban J connectivity index is 2.06. The summed E-state index contributed by atoms with van der Waals surface area (Å²) in [7, 11) is 0. The van der Waals surface area contributed by atoms with Gasteiger partial charge in [0.05, 0.1) is 12.2 Å². The van der Waals surface area contributed by atoms with Crippen molar-refractivity contribution in [3.63, 3.8) is 0 Å². The lowest BCUT2D eigenvalue weighted by Crippen LogP contribution is -2.04. The van der Waals surface area contributed by atoms with E-state index >= 15 is 0 Å². The average Bonchev–Trinajstić information content (AvgIpc) is 2.42. The molecule has 0 N–H and O–H groups in total. The number of esters is 1. The predicted molar refractivity (Wildman–Crippen MR) is 76.3 cm³/mol. The molecular formula is C13H11BrN2O2S. The third-order valence-corrected chi connectivity index (χ3v) is 3.53. The number of carbonyl (C=O) groups excluding carboxylic acids is 1. The van der Waals surface area contributed by atoms with Gasteiger partial charge < -0.3 is 4.74 Å². The van der Waals surface area contributed by atoms with Crippen LogP contribution in [0.5, 0.6) is 0 Å². The quantitative estimate of drug-likeness (QED) is 0.797. The van der Waals surface area contributed by atoms with Crippen molar-refractivity contribution >= 4 is 33.7 Å². The second kappa shape index (κ2) is 6.68. The Morgan fingerprint density at radius 3 is 2.42 bits per heavy atom. The van der Waals surface area contributed by atoms with Crippen molar-refractivity contribution in [1.82, 2.24) is 9.97 Å². The first-order valence-corrected chi connectivity index (χ1v) is 7.22. The van der Waals surface area contributed by atoms with E-state index < -0.39 is 0 Å². The van der Waals surface area contributed by atoms with Gasteiger partial charge in [-0.25, -0.2) is 14.8 Å². The van der Waals surface area contributed by atoms with Crippen LogP contribution in [0, 0.1) is 0 Å². The van der Waals surface area contributed by atoms with Crippen LogP contribution in [0.3, 0.4) is 0 Å². The number of halogens is 1. The van der Waals surface area contributed by atoms with Crippen molar-refractivity contribution < 1.29 is 9.53 Å². The molecule has 19 heavy (non-hydrogen) atoms. The van der Waals surface area contributed by atoms with Gasteiger partial charge in [0.2, 0.25) is 0 Å². The highest BCUT2D eigenvalue weighted by Gasteiger charge is 2.07. The third-order valence-electron chi connectivity index (χ3n) is 2.16. The van der Waals surface area contributed by atoms with E-state index in [-0.39, 0.29) is 5.97 Å². The number of carbonyl (C=O) groups is 1. The first-order chi connectivity index (χ1) is 9.19. The lowest BCUT2D eigenvalue weighted by atomic mass is 10.3. The molecule has 6 heteroatoms. The summed E-state index contributed by atoms with van der Waals surface area (Å²) in [5.41, 5.74) is 0.454. The normalized spacial score (nSPS) is 10.2. The van der Waals surface area contributed by atoms with Crippen LogP contribution in [0.25, 0.3) is 0 Å². The molecule has 0 saturated carbocycles. The monoisotopic (exact) mass is 338 g/mol. The molecule has 0 aliphatic rings. The lowest BCUT2D eigenvalue weighted by Gasteiger charge is -2.03. The van der Waals surface area contributed by atoms with Crippen LogP contribution >= 0.6 is 27.7 Å². The summed E-state index contributed by atoms with van der Waals surface area (Å²) in [6, 6.07) is 7.30. The van der Waals surface area contributed by atoms with Crippen LogP contribution in [-0.4, -0.2) is 22.5 Å². The molecule has 0 aliphatic heterocycles. The Labute approximate surface area is 123 Å². The van der Waals surface area contributed by atoms with Crippen LogP contribution in [0.15, 0.2) is 51.2 Å². The highest BCUT2D eigenvalue weighted by molar-refractivity contribution is 9.10. The third kappa shape index (κ3) is 4.04. The smallest absolute Gasteiger partial charge is 0.339 e. The number of ether oxygens (including phenoxy) is 1. The van der Waals surface area contributed by atoms with E-state index in [1.807, 2.05) is 12.1 Å². The molecule has 0 aromatic carbocycles. The minimum Gasteiger partial charge on any atom is -0.462 e. The highest BCUT2D eigenvalue weighted by Crippen LogP contribution is 2.24. The molecule has 0 amide bonds. The number of hydrogen-bond donors (Lipinski definition) is 0. The number of rotatable bonds is 4. The Morgan fingerprint density at radius 2 is 1.89 bits per heavy atom. The fourth-order valence-electron chi connectivity index (χ4n) is 1.31. The zero-order chi connectivity index (χ0) is 13.7. The van der Waals surface area contributed by atoms with E-state index in [1.54, 1.807) is 25.3 Å². The van der Waals surface area contributed by atoms with E-state index in [0.717, 1.165) is 14.5 Å². The van der Waals surface area contributed by atoms with Gasteiger partial charge in [0.1, 0.15) is 10.1 Å². The Morgan fingerprint density at radius 1 is 1.21 bits per heavy atom. The van der Waals surface area contributed by atoms with Crippen LogP contribution in [0.2, 0.25) is 0 Å². The van der Waals surface area contributed by atoms with Gasteiger partial charge in [-0.1, -0.05) is 11.8 Å². The van der Waals surface area contributed by atoms with Crippen molar-refractivity contribution in [3.05, 3.63) is 46.7 Å². The van der Waals surface area contributed by atoms with E-state index in [0.29, 0.717) is 12.2 Å². The predicted octanol–water partition coefficient (Wildman–Crippen LogP) is 3.57. The van der Waals surface area contributed by atoms with E-state index in [9.17, 15) is 4.79 Å². The number of hydrogen-bond acceptors (Lipinski definition) is 5. The molecule has 2 heterocycles. The van der Waals surface area contributed by atoms with Gasteiger partial charge in [0.15, 0.2) is 0 Å². The van der Waals surface area contributed by atoms with Crippen LogP contribution < -0.4 is 0 Å². The minimum absolute atomic E-state index is 0.353. The average molecular weight is 339 g/mol. The maximum atomic E-state index is 11.5. The Bertz CT molecular complexity index is 558. The highest BCUT2D eigenvalue weighted by atomic mass is 79.9. The molecule has 4 nitrogen and oxygen atoms in total. The summed E-state index contributed by atoms with van der Waals surface area (Å²) in [6.45, 7) is 2.13. The van der Waals surface area contributed by atoms with Crippen molar-refractivity contribution in [2.75, 3.05) is 6.61 Å². The van der Waals surface area contributed by atoms with Crippen LogP contribution in [-0.2, 0) is 4.74 Å². The van der Waals surface area contributed by atoms with Gasteiger partial charge in [-0.05, 0) is 47.1 Å². The zero-order valence-corrected chi connectivity index (χ0v) is 12.6. The van der Waals surface area contributed by atoms with Crippen molar-refractivity contribution in [2.45, 2.75) is 17.0 Å². The fourth-order valence-corrected chi connectivity index (χ4v) is 2.24. The van der Waals surface area contributed by atoms with Gasteiger partial charge in [-0.3, -0.25) is 0 Å². The minimum atomic E-state index is -0.353. The van der Waals surface area contributed by atoms with Gasteiger partial charge in [0.25, 0.3) is 0 Å². The molecule has 0 aliphatic carbocycles. The Hall–Kier alpha value is -1.40. The SMILES string of the molecule is CCOC(=O)c1ccc(Sc2ccc(Br)cn2)nc1. The maximum absolute atomic E-state index is 11.5. The number of nitrogens with zero attached hydrogens (tertiary/aromatic N) is 2. The second-order valence-electron chi connectivity index (χ2n) is 3.52. The van der Waals surface area contributed by atoms with Gasteiger partial charge in [0, 0.05) is 16.9 Å². The van der Waals surface area contributed by atoms with Gasteiger partial charge in [-0.2, -0.15) is 0 Å². The van der Waals surface area contributed by atoms with E-state index in [1.165, 1.54) is 18.0 Å². The molecule has 2 aromatic rings. The molecule has 0 unspecified atom stereocenters. The number of aromatic nitrogens is 2. The van der Waals surface area contributed by atoms with Gasteiger partial charge >= 0.3 is 5.97 Å². The summed E-state index contributed by atoms with van der Waals surface area (Å²) in [6.07, 6.45) is 3.24. The maximum Gasteiger partial charge on any atom is 0.339 e. The molecule has 2 rings (SSSR count). The first kappa shape index (κ1) is 14.0. The molecule has 0 fully saturated rings. The van der Waals surface area contributed by atoms with Gasteiger partial charge in [-0.15, -0.1) is 0 Å². The van der Waals surface area contributed by atoms with Crippen LogP contribution in [0.1, 0.15) is 17.3 Å². The molecule has 0 atom stereocenters. The van der Waals surface area contributed by atoms with E-state index in [2.05, 4.69) is 25.9 Å². The van der Waals surface area contributed by atoms with Crippen molar-refractivity contribution in [2.24, 2.45) is 0 Å². The number of pyridine rings is 2. The fraction of sp³-hybridized carbons (Fsp3) is 0.154. The van der Waals surface area contributed by atoms with Crippen molar-refractivity contribution in [3.8, 4) is 0 Å². The summed E-state index contributed by atoms with van der Waals surface area (Å²) in [5, 5.41) is 1.63. The molecule has 0 spiro atoms. The topological polar surface area (TPSA) is 52.1 Å². The largest absolute Gasteiger partial charge is 0.462 e. The summed E-state index contributed by atoms with van der Waals surface area (Å²) in [4.78, 5) is 19.9. The molecule has 2 aromatic heterocycles. The lowest BCUT2D eigenvalue weighted by molar-refractivity contribution is 0.0525. The molecule has 0 saturated heterocycles. The summed E-state index contributed by atoms with van der Waals surface area (Å²) in [5.74, 6) is -0.353. The molecule has 0 bridgehead atoms. The molecule has 98 valence electrons. The zero-order valence-electron chi connectivity index (χ0n) is 10.2. The molecular weight excluding hydrogens is 328 g/mol. The van der Waals surface area contributed by atoms with Crippen LogP contribution in [0.4, 0.5) is 0 Å². The van der Waals surface area contributed by atoms with E-state index in [4.69, 9.17) is 4.74 Å².